The largest absolute Gasteiger partial charge is 0.464 e. The molecule has 0 saturated carbocycles. The number of nitrogens with one attached hydrogen (secondary N) is 2. The standard InChI is InChI=1S/C18H18N2O3/c1-11-6-15-13(10-23-16(15)7-12(11)2)8-18(22)19-9-14-4-3-5-17(21)20-14/h3-7,10H,8-9H2,1-2H3,(H,19,22)(H,20,21). The summed E-state index contributed by atoms with van der Waals surface area (Å²) in [4.78, 5) is 26.0. The van der Waals surface area contributed by atoms with Crippen LogP contribution in [0.2, 0.25) is 0 Å². The number of carbonyl (C=O) groups is 1. The van der Waals surface area contributed by atoms with Crippen molar-refractivity contribution in [3.8, 4) is 0 Å². The second kappa shape index (κ2) is 6.12. The van der Waals surface area contributed by atoms with Crippen LogP contribution in [0.15, 0.2) is 45.8 Å². The van der Waals surface area contributed by atoms with Gasteiger partial charge in [0.2, 0.25) is 11.5 Å². The number of benzene rings is 1. The number of carbonyl (C=O) groups excluding carboxylic acids is 1. The van der Waals surface area contributed by atoms with E-state index in [1.54, 1.807) is 18.4 Å². The summed E-state index contributed by atoms with van der Waals surface area (Å²) in [5.41, 5.74) is 4.49. The predicted octanol–water partition coefficient (Wildman–Crippen LogP) is 2.60. The maximum absolute atomic E-state index is 12.1. The van der Waals surface area contributed by atoms with Crippen molar-refractivity contribution in [3.63, 3.8) is 0 Å². The number of aryl methyl sites for hydroxylation is 2. The third kappa shape index (κ3) is 3.34. The SMILES string of the molecule is Cc1cc2occ(CC(=O)NCc3cccc(=O)[nH]3)c2cc1C. The molecule has 0 fully saturated rings. The van der Waals surface area contributed by atoms with E-state index >= 15 is 0 Å². The zero-order chi connectivity index (χ0) is 16.4. The summed E-state index contributed by atoms with van der Waals surface area (Å²) in [5, 5.41) is 3.77. The first kappa shape index (κ1) is 15.1. The molecule has 0 aliphatic rings. The van der Waals surface area contributed by atoms with E-state index in [1.807, 2.05) is 26.0 Å². The van der Waals surface area contributed by atoms with Crippen molar-refractivity contribution in [3.05, 3.63) is 69.3 Å². The third-order valence-corrected chi connectivity index (χ3v) is 3.93. The molecule has 0 aliphatic heterocycles. The van der Waals surface area contributed by atoms with Crippen molar-refractivity contribution >= 4 is 16.9 Å². The maximum Gasteiger partial charge on any atom is 0.248 e. The predicted molar refractivity (Wildman–Crippen MR) is 88.3 cm³/mol. The molecule has 2 heterocycles. The van der Waals surface area contributed by atoms with Crippen molar-refractivity contribution < 1.29 is 9.21 Å². The maximum atomic E-state index is 12.1. The van der Waals surface area contributed by atoms with Crippen LogP contribution >= 0.6 is 0 Å². The normalized spacial score (nSPS) is 10.9. The molecule has 118 valence electrons. The minimum atomic E-state index is -0.177. The average molecular weight is 310 g/mol. The number of aromatic amines is 1. The topological polar surface area (TPSA) is 75.1 Å². The highest BCUT2D eigenvalue weighted by atomic mass is 16.3. The average Bonchev–Trinajstić information content (AvgIpc) is 2.88. The molecule has 0 bridgehead atoms. The molecule has 0 atom stereocenters. The summed E-state index contributed by atoms with van der Waals surface area (Å²) < 4.78 is 5.54. The second-order valence-corrected chi connectivity index (χ2v) is 5.69. The lowest BCUT2D eigenvalue weighted by molar-refractivity contribution is -0.120. The number of rotatable bonds is 4. The molecule has 1 aromatic carbocycles. The van der Waals surface area contributed by atoms with Gasteiger partial charge < -0.3 is 14.7 Å². The lowest BCUT2D eigenvalue weighted by atomic mass is 10.0. The van der Waals surface area contributed by atoms with Crippen molar-refractivity contribution in [2.24, 2.45) is 0 Å². The molecule has 5 nitrogen and oxygen atoms in total. The van der Waals surface area contributed by atoms with Crippen molar-refractivity contribution in [2.75, 3.05) is 0 Å². The van der Waals surface area contributed by atoms with Gasteiger partial charge in [-0.3, -0.25) is 9.59 Å². The molecule has 23 heavy (non-hydrogen) atoms. The molecule has 5 heteroatoms. The van der Waals surface area contributed by atoms with E-state index in [9.17, 15) is 9.59 Å². The van der Waals surface area contributed by atoms with E-state index in [4.69, 9.17) is 4.42 Å². The van der Waals surface area contributed by atoms with Crippen molar-refractivity contribution in [1.29, 1.82) is 0 Å². The fourth-order valence-corrected chi connectivity index (χ4v) is 2.50. The summed E-state index contributed by atoms with van der Waals surface area (Å²) >= 11 is 0. The van der Waals surface area contributed by atoms with E-state index in [0.717, 1.165) is 22.1 Å². The van der Waals surface area contributed by atoms with Crippen LogP contribution in [-0.4, -0.2) is 10.9 Å². The number of aromatic nitrogens is 1. The van der Waals surface area contributed by atoms with Crippen LogP contribution < -0.4 is 10.9 Å². The number of fused-ring (bicyclic) bond motifs is 1. The molecule has 2 N–H and O–H groups in total. The molecule has 0 spiro atoms. The first-order chi connectivity index (χ1) is 11.0. The van der Waals surface area contributed by atoms with E-state index in [-0.39, 0.29) is 17.9 Å². The minimum Gasteiger partial charge on any atom is -0.464 e. The molecule has 0 unspecified atom stereocenters. The second-order valence-electron chi connectivity index (χ2n) is 5.69. The number of H-pyrrole nitrogens is 1. The Kier molecular flexibility index (Phi) is 4.02. The quantitative estimate of drug-likeness (QED) is 0.778. The molecule has 1 amide bonds. The Morgan fingerprint density at radius 3 is 2.78 bits per heavy atom. The van der Waals surface area contributed by atoms with Gasteiger partial charge in [0.05, 0.1) is 19.2 Å². The third-order valence-electron chi connectivity index (χ3n) is 3.93. The van der Waals surface area contributed by atoms with Crippen LogP contribution in [0.3, 0.4) is 0 Å². The van der Waals surface area contributed by atoms with Crippen molar-refractivity contribution in [2.45, 2.75) is 26.8 Å². The van der Waals surface area contributed by atoms with Gasteiger partial charge in [-0.15, -0.1) is 0 Å². The Morgan fingerprint density at radius 1 is 1.22 bits per heavy atom. The summed E-state index contributed by atoms with van der Waals surface area (Å²) in [7, 11) is 0. The van der Waals surface area contributed by atoms with Crippen LogP contribution in [-0.2, 0) is 17.8 Å². The highest BCUT2D eigenvalue weighted by Crippen LogP contribution is 2.25. The number of hydrogen-bond donors (Lipinski definition) is 2. The fraction of sp³-hybridized carbons (Fsp3) is 0.222. The van der Waals surface area contributed by atoms with Gasteiger partial charge in [-0.1, -0.05) is 6.07 Å². The fourth-order valence-electron chi connectivity index (χ4n) is 2.50. The van der Waals surface area contributed by atoms with Crippen LogP contribution in [0.25, 0.3) is 11.0 Å². The lowest BCUT2D eigenvalue weighted by Gasteiger charge is -2.05. The lowest BCUT2D eigenvalue weighted by Crippen LogP contribution is -2.25. The van der Waals surface area contributed by atoms with Gasteiger partial charge in [-0.25, -0.2) is 0 Å². The van der Waals surface area contributed by atoms with Crippen LogP contribution in [0, 0.1) is 13.8 Å². The summed E-state index contributed by atoms with van der Waals surface area (Å²) in [6.07, 6.45) is 1.88. The number of furan rings is 1. The Labute approximate surface area is 133 Å². The first-order valence-electron chi connectivity index (χ1n) is 7.45. The van der Waals surface area contributed by atoms with E-state index in [1.165, 1.54) is 11.6 Å². The number of pyridine rings is 1. The van der Waals surface area contributed by atoms with E-state index in [2.05, 4.69) is 10.3 Å². The molecule has 2 aromatic heterocycles. The Hall–Kier alpha value is -2.82. The smallest absolute Gasteiger partial charge is 0.248 e. The molecular formula is C18H18N2O3. The first-order valence-corrected chi connectivity index (χ1v) is 7.45. The Morgan fingerprint density at radius 2 is 2.00 bits per heavy atom. The Bertz CT molecular complexity index is 921. The molecule has 0 aliphatic carbocycles. The molecular weight excluding hydrogens is 292 g/mol. The van der Waals surface area contributed by atoms with Gasteiger partial charge in [-0.05, 0) is 43.2 Å². The van der Waals surface area contributed by atoms with Crippen LogP contribution in [0.4, 0.5) is 0 Å². The van der Waals surface area contributed by atoms with Crippen molar-refractivity contribution in [1.82, 2.24) is 10.3 Å². The molecule has 3 rings (SSSR count). The van der Waals surface area contributed by atoms with Gasteiger partial charge in [0, 0.05) is 22.7 Å². The monoisotopic (exact) mass is 310 g/mol. The Balaban J connectivity index is 1.70. The van der Waals surface area contributed by atoms with Crippen LogP contribution in [0.1, 0.15) is 22.4 Å². The molecule has 0 saturated heterocycles. The van der Waals surface area contributed by atoms with Gasteiger partial charge in [0.25, 0.3) is 0 Å². The van der Waals surface area contributed by atoms with Gasteiger partial charge in [0.1, 0.15) is 5.58 Å². The number of amides is 1. The minimum absolute atomic E-state index is 0.115. The van der Waals surface area contributed by atoms with Gasteiger partial charge in [0.15, 0.2) is 0 Å². The zero-order valence-corrected chi connectivity index (χ0v) is 13.1. The number of hydrogen-bond acceptors (Lipinski definition) is 3. The highest BCUT2D eigenvalue weighted by molar-refractivity contribution is 5.88. The molecule has 3 aromatic rings. The molecule has 0 radical (unpaired) electrons. The summed E-state index contributed by atoms with van der Waals surface area (Å²) in [6.45, 7) is 4.37. The van der Waals surface area contributed by atoms with Crippen LogP contribution in [0.5, 0.6) is 0 Å². The van der Waals surface area contributed by atoms with Gasteiger partial charge >= 0.3 is 0 Å². The van der Waals surface area contributed by atoms with E-state index in [0.29, 0.717) is 12.2 Å². The zero-order valence-electron chi connectivity index (χ0n) is 13.1. The summed E-state index contributed by atoms with van der Waals surface area (Å²) in [5.74, 6) is -0.115. The van der Waals surface area contributed by atoms with E-state index < -0.39 is 0 Å². The summed E-state index contributed by atoms with van der Waals surface area (Å²) in [6, 6.07) is 8.90. The van der Waals surface area contributed by atoms with Gasteiger partial charge in [-0.2, -0.15) is 0 Å². The highest BCUT2D eigenvalue weighted by Gasteiger charge is 2.11.